The highest BCUT2D eigenvalue weighted by molar-refractivity contribution is 7.44. The molecule has 0 aliphatic carbocycles. The lowest BCUT2D eigenvalue weighted by Gasteiger charge is -2.39. The fraction of sp³-hybridized carbons (Fsp3) is 0.459. The fourth-order valence-electron chi connectivity index (χ4n) is 5.61. The van der Waals surface area contributed by atoms with E-state index >= 15 is 0 Å². The van der Waals surface area contributed by atoms with Crippen LogP contribution in [0.15, 0.2) is 78.9 Å². The number of methoxy groups -OCH3 is 2. The highest BCUT2D eigenvalue weighted by Gasteiger charge is 2.42. The monoisotopic (exact) mass is 635 g/mol. The van der Waals surface area contributed by atoms with Crippen molar-refractivity contribution in [3.8, 4) is 23.8 Å². The van der Waals surface area contributed by atoms with E-state index in [0.717, 1.165) is 34.6 Å². The van der Waals surface area contributed by atoms with Crippen LogP contribution in [-0.4, -0.2) is 63.0 Å². The van der Waals surface area contributed by atoms with Crippen molar-refractivity contribution in [3.63, 3.8) is 0 Å². The Balaban J connectivity index is 1.70. The summed E-state index contributed by atoms with van der Waals surface area (Å²) >= 11 is 0. The number of nitrogens with zero attached hydrogens (tertiary/aromatic N) is 1. The maximum atomic E-state index is 8.57. The summed E-state index contributed by atoms with van der Waals surface area (Å²) < 4.78 is 48.2. The molecular formula is C37H48NO6P. The molecule has 0 saturated carbocycles. The largest absolute Gasteiger partial charge is 0.497 e. The van der Waals surface area contributed by atoms with Crippen molar-refractivity contribution in [3.05, 3.63) is 95.6 Å². The normalized spacial score (nSPS) is 19.5. The quantitative estimate of drug-likeness (QED) is 0.0646. The smallest absolute Gasteiger partial charge is 0.259 e. The van der Waals surface area contributed by atoms with E-state index in [9.17, 15) is 0 Å². The molecule has 45 heavy (non-hydrogen) atoms. The van der Waals surface area contributed by atoms with Crippen LogP contribution in [0.1, 0.15) is 65.0 Å². The summed E-state index contributed by atoms with van der Waals surface area (Å²) in [6.45, 7) is 8.49. The number of hydrogen-bond donors (Lipinski definition) is 0. The summed E-state index contributed by atoms with van der Waals surface area (Å²) in [4.78, 5) is 0. The minimum absolute atomic E-state index is 0.177. The third-order valence-corrected chi connectivity index (χ3v) is 9.95. The highest BCUT2D eigenvalue weighted by Crippen LogP contribution is 2.49. The SMILES string of the molecule is [3H][C@H]1C[C@@H](OP(OCCCC#C)N(C(C)C)C(C)C)[C@@H](COC(c2ccccc2)(c2ccc(OC)cc2)c2ccc(OC)cc2)O1. The molecule has 1 aliphatic heterocycles. The van der Waals surface area contributed by atoms with E-state index in [1.165, 1.54) is 0 Å². The van der Waals surface area contributed by atoms with Crippen LogP contribution in [0.5, 0.6) is 11.5 Å². The van der Waals surface area contributed by atoms with E-state index < -0.39 is 32.9 Å². The minimum Gasteiger partial charge on any atom is -0.497 e. The van der Waals surface area contributed by atoms with Gasteiger partial charge in [-0.15, -0.1) is 12.3 Å². The molecule has 1 saturated heterocycles. The Hall–Kier alpha value is -2.95. The average Bonchev–Trinajstić information content (AvgIpc) is 3.42. The molecule has 0 bridgehead atoms. The maximum absolute atomic E-state index is 8.57. The molecule has 3 aromatic carbocycles. The van der Waals surface area contributed by atoms with E-state index in [1.807, 2.05) is 66.7 Å². The van der Waals surface area contributed by atoms with E-state index in [0.29, 0.717) is 19.4 Å². The van der Waals surface area contributed by atoms with Crippen LogP contribution >= 0.6 is 8.53 Å². The van der Waals surface area contributed by atoms with Crippen molar-refractivity contribution in [2.24, 2.45) is 0 Å². The topological polar surface area (TPSA) is 58.6 Å². The van der Waals surface area contributed by atoms with Gasteiger partial charge in [0, 0.05) is 31.5 Å². The van der Waals surface area contributed by atoms with Crippen molar-refractivity contribution in [2.45, 2.75) is 76.9 Å². The average molecular weight is 636 g/mol. The Morgan fingerprint density at radius 1 is 0.911 bits per heavy atom. The molecule has 1 fully saturated rings. The van der Waals surface area contributed by atoms with Gasteiger partial charge in [-0.05, 0) is 75.1 Å². The van der Waals surface area contributed by atoms with E-state index in [1.54, 1.807) is 14.2 Å². The first kappa shape index (κ1) is 33.4. The highest BCUT2D eigenvalue weighted by atomic mass is 31.2. The molecule has 4 atom stereocenters. The maximum Gasteiger partial charge on any atom is 0.259 e. The van der Waals surface area contributed by atoms with Crippen LogP contribution in [0.25, 0.3) is 0 Å². The van der Waals surface area contributed by atoms with Gasteiger partial charge in [0.1, 0.15) is 23.2 Å². The van der Waals surface area contributed by atoms with Gasteiger partial charge in [0.2, 0.25) is 0 Å². The molecule has 1 aliphatic rings. The zero-order valence-electron chi connectivity index (χ0n) is 28.3. The number of unbranched alkanes of at least 4 members (excludes halogenated alkanes) is 1. The van der Waals surface area contributed by atoms with Gasteiger partial charge in [0.25, 0.3) is 8.53 Å². The summed E-state index contributed by atoms with van der Waals surface area (Å²) in [5.41, 5.74) is 1.79. The van der Waals surface area contributed by atoms with Crippen LogP contribution < -0.4 is 9.47 Å². The Morgan fingerprint density at radius 2 is 1.47 bits per heavy atom. The lowest BCUT2D eigenvalue weighted by Crippen LogP contribution is -2.39. The predicted molar refractivity (Wildman–Crippen MR) is 181 cm³/mol. The van der Waals surface area contributed by atoms with Crippen LogP contribution in [0.3, 0.4) is 0 Å². The van der Waals surface area contributed by atoms with Gasteiger partial charge >= 0.3 is 0 Å². The first-order chi connectivity index (χ1) is 22.2. The Labute approximate surface area is 272 Å². The zero-order chi connectivity index (χ0) is 33.1. The number of ether oxygens (including phenoxy) is 4. The molecule has 0 aromatic heterocycles. The van der Waals surface area contributed by atoms with E-state index in [-0.39, 0.29) is 18.7 Å². The Bertz CT molecular complexity index is 1310. The third-order valence-electron chi connectivity index (χ3n) is 7.79. The van der Waals surface area contributed by atoms with Crippen LogP contribution in [0.4, 0.5) is 0 Å². The number of rotatable bonds is 17. The Morgan fingerprint density at radius 3 is 1.98 bits per heavy atom. The van der Waals surface area contributed by atoms with Crippen molar-refractivity contribution in [1.29, 1.82) is 0 Å². The van der Waals surface area contributed by atoms with Crippen LogP contribution in [-0.2, 0) is 24.1 Å². The molecule has 242 valence electrons. The third kappa shape index (κ3) is 8.65. The molecule has 4 rings (SSSR count). The van der Waals surface area contributed by atoms with Gasteiger partial charge in [0.05, 0.1) is 34.9 Å². The lowest BCUT2D eigenvalue weighted by molar-refractivity contribution is -0.0673. The standard InChI is InChI=1S/C37H48NO6P/c1-8-9-13-25-43-45(38(28(2)3)29(4)5)44-35-24-26-41-36(35)27-42-37(30-14-11-10-12-15-30,31-16-20-33(39-6)21-17-31)32-18-22-34(40-7)23-19-32/h1,10-12,14-23,28-29,35-36H,9,13,24-27H2,2-7H3/t35-,36-,45?/m1/s1/i26T/t26-,35+,36+,45?/m0. The summed E-state index contributed by atoms with van der Waals surface area (Å²) in [6, 6.07) is 26.4. The van der Waals surface area contributed by atoms with Gasteiger partial charge < -0.3 is 28.0 Å². The molecule has 0 radical (unpaired) electrons. The van der Waals surface area contributed by atoms with Gasteiger partial charge in [-0.3, -0.25) is 0 Å². The van der Waals surface area contributed by atoms with Gasteiger partial charge in [0.15, 0.2) is 0 Å². The molecule has 0 spiro atoms. The summed E-state index contributed by atoms with van der Waals surface area (Å²) in [6.07, 6.45) is 6.39. The van der Waals surface area contributed by atoms with E-state index in [2.05, 4.69) is 50.4 Å². The molecule has 1 heterocycles. The van der Waals surface area contributed by atoms with Crippen LogP contribution in [0.2, 0.25) is 0 Å². The summed E-state index contributed by atoms with van der Waals surface area (Å²) in [5, 5.41) is 0. The van der Waals surface area contributed by atoms with Gasteiger partial charge in [-0.2, -0.15) is 0 Å². The predicted octanol–water partition coefficient (Wildman–Crippen LogP) is 7.96. The lowest BCUT2D eigenvalue weighted by atomic mass is 9.80. The van der Waals surface area contributed by atoms with Crippen molar-refractivity contribution in [2.75, 3.05) is 34.0 Å². The molecular weight excluding hydrogens is 585 g/mol. The molecule has 1 unspecified atom stereocenters. The summed E-state index contributed by atoms with van der Waals surface area (Å²) in [5.74, 6) is 4.18. The zero-order valence-corrected chi connectivity index (χ0v) is 28.2. The van der Waals surface area contributed by atoms with Gasteiger partial charge in [-0.25, -0.2) is 4.67 Å². The molecule has 0 N–H and O–H groups in total. The fourth-order valence-corrected chi connectivity index (χ4v) is 7.41. The van der Waals surface area contributed by atoms with Gasteiger partial charge in [-0.1, -0.05) is 54.6 Å². The first-order valence-electron chi connectivity index (χ1n) is 16.2. The second kappa shape index (κ2) is 17.1. The van der Waals surface area contributed by atoms with Crippen molar-refractivity contribution >= 4 is 8.53 Å². The van der Waals surface area contributed by atoms with Crippen molar-refractivity contribution < 1.29 is 29.4 Å². The van der Waals surface area contributed by atoms with Crippen molar-refractivity contribution in [1.82, 2.24) is 4.67 Å². The number of benzene rings is 3. The number of terminal acetylenes is 1. The molecule has 8 heteroatoms. The molecule has 0 amide bonds. The minimum atomic E-state index is -1.44. The number of hydrogen-bond acceptors (Lipinski definition) is 7. The van der Waals surface area contributed by atoms with Crippen LogP contribution in [0, 0.1) is 12.3 Å². The molecule has 7 nitrogen and oxygen atoms in total. The second-order valence-electron chi connectivity index (χ2n) is 11.5. The second-order valence-corrected chi connectivity index (χ2v) is 12.9. The van der Waals surface area contributed by atoms with E-state index in [4.69, 9.17) is 35.8 Å². The molecule has 3 aromatic rings. The summed E-state index contributed by atoms with van der Waals surface area (Å²) in [7, 11) is 1.87. The Kier molecular flexibility index (Phi) is 12.7. The first-order valence-corrected chi connectivity index (χ1v) is 16.7.